The third-order valence-electron chi connectivity index (χ3n) is 5.97. The van der Waals surface area contributed by atoms with Gasteiger partial charge in [0.2, 0.25) is 22.3 Å². The molecule has 1 aromatic carbocycles. The summed E-state index contributed by atoms with van der Waals surface area (Å²) in [5, 5.41) is 19.6. The van der Waals surface area contributed by atoms with Gasteiger partial charge < -0.3 is 14.9 Å². The first-order valence-electron chi connectivity index (χ1n) is 11.2. The molecule has 0 aliphatic carbocycles. The molecule has 0 saturated carbocycles. The molecular formula is C22H19BF5N5O5S. The van der Waals surface area contributed by atoms with Crippen molar-refractivity contribution in [3.8, 4) is 11.3 Å². The normalized spacial score (nSPS) is 18.2. The minimum atomic E-state index is -4.78. The fraction of sp³-hybridized carbons (Fsp3) is 0.273. The first-order valence-corrected chi connectivity index (χ1v) is 12.6. The number of hydrogen-bond donors (Lipinski definition) is 2. The smallest absolute Gasteiger partial charge is 0.423 e. The largest absolute Gasteiger partial charge is 0.490 e. The third-order valence-corrected chi connectivity index (χ3v) is 7.85. The van der Waals surface area contributed by atoms with Crippen LogP contribution in [0, 0.1) is 5.82 Å². The topological polar surface area (TPSA) is 137 Å². The molecule has 2 atom stereocenters. The summed E-state index contributed by atoms with van der Waals surface area (Å²) in [6.07, 6.45) is -5.18. The van der Waals surface area contributed by atoms with Crippen LogP contribution in [0.4, 0.5) is 22.0 Å². The first-order chi connectivity index (χ1) is 18.3. The van der Waals surface area contributed by atoms with E-state index in [1.807, 2.05) is 0 Å². The maximum absolute atomic E-state index is 14.5. The zero-order valence-electron chi connectivity index (χ0n) is 19.7. The average Bonchev–Trinajstić information content (AvgIpc) is 3.29. The van der Waals surface area contributed by atoms with Crippen LogP contribution in [0.15, 0.2) is 53.8 Å². The van der Waals surface area contributed by atoms with Crippen molar-refractivity contribution in [3.63, 3.8) is 0 Å². The molecule has 17 heteroatoms. The molecule has 39 heavy (non-hydrogen) atoms. The summed E-state index contributed by atoms with van der Waals surface area (Å²) < 4.78 is 93.4. The van der Waals surface area contributed by atoms with Gasteiger partial charge in [0.05, 0.1) is 10.6 Å². The second-order valence-corrected chi connectivity index (χ2v) is 10.4. The van der Waals surface area contributed by atoms with Gasteiger partial charge in [-0.05, 0) is 35.9 Å². The van der Waals surface area contributed by atoms with Crippen molar-refractivity contribution < 1.29 is 45.2 Å². The molecule has 3 aromatic rings. The predicted molar refractivity (Wildman–Crippen MR) is 125 cm³/mol. The Kier molecular flexibility index (Phi) is 7.97. The minimum absolute atomic E-state index is 0.0135. The molecule has 0 bridgehead atoms. The quantitative estimate of drug-likeness (QED) is 0.233. The number of hydrogen-bond acceptors (Lipinski definition) is 8. The summed E-state index contributed by atoms with van der Waals surface area (Å²) in [6, 6.07) is 5.07. The maximum Gasteiger partial charge on any atom is 0.490 e. The lowest BCUT2D eigenvalue weighted by Gasteiger charge is -2.32. The molecule has 1 saturated heterocycles. The van der Waals surface area contributed by atoms with Crippen molar-refractivity contribution in [3.05, 3.63) is 66.1 Å². The van der Waals surface area contributed by atoms with E-state index in [9.17, 15) is 45.2 Å². The van der Waals surface area contributed by atoms with Gasteiger partial charge in [-0.2, -0.15) is 17.5 Å². The van der Waals surface area contributed by atoms with Crippen molar-refractivity contribution in [2.24, 2.45) is 0 Å². The Morgan fingerprint density at radius 3 is 2.31 bits per heavy atom. The van der Waals surface area contributed by atoms with Gasteiger partial charge in [-0.15, -0.1) is 0 Å². The Morgan fingerprint density at radius 1 is 1.10 bits per heavy atom. The van der Waals surface area contributed by atoms with Crippen LogP contribution in [0.1, 0.15) is 17.8 Å². The lowest BCUT2D eigenvalue weighted by molar-refractivity contribution is -0.145. The van der Waals surface area contributed by atoms with Crippen LogP contribution in [0.5, 0.6) is 0 Å². The van der Waals surface area contributed by atoms with E-state index < -0.39 is 66.8 Å². The molecule has 0 unspecified atom stereocenters. The van der Waals surface area contributed by atoms with Gasteiger partial charge in [0.15, 0.2) is 0 Å². The summed E-state index contributed by atoms with van der Waals surface area (Å²) in [7, 11) is -6.46. The molecule has 4 rings (SSSR count). The fourth-order valence-electron chi connectivity index (χ4n) is 4.09. The standard InChI is InChI=1S/C22H19BF5N5O5S/c24-15-1-3-17(4-2-15)39(37,38)33-11-16(25)6-20(33)32(12-34)10-13-5-19(29-9-18(13)23(35)36)14-7-30-21(31-8-14)22(26,27)28/h1-5,7-9,12,16,20,35-36H,6,10-11H2/t16-,20+/m1/s1. The Balaban J connectivity index is 1.67. The number of pyridine rings is 1. The number of carbonyl (C=O) groups is 1. The van der Waals surface area contributed by atoms with Crippen molar-refractivity contribution in [2.45, 2.75) is 36.4 Å². The zero-order chi connectivity index (χ0) is 28.5. The Bertz CT molecular complexity index is 1450. The highest BCUT2D eigenvalue weighted by atomic mass is 32.2. The van der Waals surface area contributed by atoms with Crippen LogP contribution in [0.2, 0.25) is 0 Å². The summed E-state index contributed by atoms with van der Waals surface area (Å²) in [6.45, 7) is -1.05. The van der Waals surface area contributed by atoms with Gasteiger partial charge in [0, 0.05) is 49.1 Å². The van der Waals surface area contributed by atoms with Crippen LogP contribution in [-0.4, -0.2) is 75.0 Å². The van der Waals surface area contributed by atoms with E-state index in [-0.39, 0.29) is 33.6 Å². The van der Waals surface area contributed by atoms with Crippen molar-refractivity contribution in [1.29, 1.82) is 0 Å². The van der Waals surface area contributed by atoms with Gasteiger partial charge >= 0.3 is 13.3 Å². The number of alkyl halides is 4. The lowest BCUT2D eigenvalue weighted by Crippen LogP contribution is -2.47. The van der Waals surface area contributed by atoms with Crippen molar-refractivity contribution in [1.82, 2.24) is 24.2 Å². The number of aromatic nitrogens is 3. The monoisotopic (exact) mass is 571 g/mol. The van der Waals surface area contributed by atoms with E-state index in [1.54, 1.807) is 0 Å². The molecule has 3 heterocycles. The van der Waals surface area contributed by atoms with E-state index in [1.165, 1.54) is 6.07 Å². The number of amides is 1. The number of rotatable bonds is 8. The van der Waals surface area contributed by atoms with Crippen LogP contribution >= 0.6 is 0 Å². The van der Waals surface area contributed by atoms with Crippen LogP contribution in [0.3, 0.4) is 0 Å². The van der Waals surface area contributed by atoms with Crippen molar-refractivity contribution >= 4 is 29.0 Å². The van der Waals surface area contributed by atoms with E-state index in [2.05, 4.69) is 15.0 Å². The molecular weight excluding hydrogens is 552 g/mol. The van der Waals surface area contributed by atoms with Crippen LogP contribution in [0.25, 0.3) is 11.3 Å². The summed E-state index contributed by atoms with van der Waals surface area (Å²) in [5.41, 5.74) is -0.116. The van der Waals surface area contributed by atoms with Crippen molar-refractivity contribution in [2.75, 3.05) is 6.54 Å². The molecule has 1 amide bonds. The Labute approximate surface area is 219 Å². The molecule has 1 fully saturated rings. The van der Waals surface area contributed by atoms with Crippen LogP contribution in [-0.2, 0) is 27.5 Å². The minimum Gasteiger partial charge on any atom is -0.423 e. The molecule has 1 aliphatic rings. The van der Waals surface area contributed by atoms with E-state index >= 15 is 0 Å². The SMILES string of the molecule is O=CN(Cc1cc(-c2cnc(C(F)(F)F)nc2)ncc1B(O)O)[C@@H]1C[C@@H](F)CN1S(=O)(=O)c1ccc(F)cc1. The van der Waals surface area contributed by atoms with Gasteiger partial charge in [-0.3, -0.25) is 9.78 Å². The molecule has 0 radical (unpaired) electrons. The third kappa shape index (κ3) is 6.05. The fourth-order valence-corrected chi connectivity index (χ4v) is 5.73. The Morgan fingerprint density at radius 2 is 1.74 bits per heavy atom. The second kappa shape index (κ2) is 10.9. The van der Waals surface area contributed by atoms with E-state index in [0.29, 0.717) is 0 Å². The molecule has 0 spiro atoms. The molecule has 2 N–H and O–H groups in total. The van der Waals surface area contributed by atoms with Gasteiger partial charge in [0.1, 0.15) is 18.2 Å². The van der Waals surface area contributed by atoms with E-state index in [0.717, 1.165) is 52.1 Å². The maximum atomic E-state index is 14.5. The zero-order valence-corrected chi connectivity index (χ0v) is 20.5. The summed E-state index contributed by atoms with van der Waals surface area (Å²) >= 11 is 0. The number of halogens is 5. The number of sulfonamides is 1. The molecule has 206 valence electrons. The molecule has 2 aromatic heterocycles. The van der Waals surface area contributed by atoms with Gasteiger partial charge in [-0.25, -0.2) is 27.2 Å². The van der Waals surface area contributed by atoms with Gasteiger partial charge in [-0.1, -0.05) is 0 Å². The highest BCUT2D eigenvalue weighted by Crippen LogP contribution is 2.31. The lowest BCUT2D eigenvalue weighted by atomic mass is 9.77. The van der Waals surface area contributed by atoms with Gasteiger partial charge in [0.25, 0.3) is 0 Å². The first kappa shape index (κ1) is 28.5. The number of benzene rings is 1. The Hall–Kier alpha value is -3.54. The average molecular weight is 571 g/mol. The number of nitrogens with zero attached hydrogens (tertiary/aromatic N) is 5. The molecule has 1 aliphatic heterocycles. The summed E-state index contributed by atoms with van der Waals surface area (Å²) in [5.74, 6) is -2.07. The predicted octanol–water partition coefficient (Wildman–Crippen LogP) is 1.09. The van der Waals surface area contributed by atoms with E-state index in [4.69, 9.17) is 0 Å². The second-order valence-electron chi connectivity index (χ2n) is 8.56. The highest BCUT2D eigenvalue weighted by Gasteiger charge is 2.43. The molecule has 10 nitrogen and oxygen atoms in total. The number of carbonyl (C=O) groups excluding carboxylic acids is 1. The van der Waals surface area contributed by atoms with Crippen LogP contribution < -0.4 is 5.46 Å². The highest BCUT2D eigenvalue weighted by molar-refractivity contribution is 7.89. The summed E-state index contributed by atoms with van der Waals surface area (Å²) in [4.78, 5) is 23.2.